The van der Waals surface area contributed by atoms with Gasteiger partial charge in [-0.15, -0.1) is 0 Å². The summed E-state index contributed by atoms with van der Waals surface area (Å²) in [5.41, 5.74) is 1.77. The van der Waals surface area contributed by atoms with Crippen molar-refractivity contribution in [1.82, 2.24) is 20.9 Å². The van der Waals surface area contributed by atoms with E-state index >= 15 is 0 Å². The van der Waals surface area contributed by atoms with Crippen molar-refractivity contribution in [3.05, 3.63) is 58.7 Å². The summed E-state index contributed by atoms with van der Waals surface area (Å²) in [6.07, 6.45) is 2.98. The quantitative estimate of drug-likeness (QED) is 0.192. The van der Waals surface area contributed by atoms with Crippen LogP contribution < -0.4 is 26.2 Å². The SMILES string of the molecule is CNC(=O)C(CCC=O)NC(=O)c1c(C=O)cccc1NCC1CCN(c2cccc3c2C(=O)N(C2CCC(=O)NC2=O)C3=O)CC1. The molecule has 3 aliphatic heterocycles. The van der Waals surface area contributed by atoms with Crippen molar-refractivity contribution < 1.29 is 38.4 Å². The van der Waals surface area contributed by atoms with Crippen LogP contribution in [0.15, 0.2) is 36.4 Å². The third-order valence-corrected chi connectivity index (χ3v) is 8.87. The van der Waals surface area contributed by atoms with Gasteiger partial charge in [0.25, 0.3) is 17.7 Å². The first-order valence-corrected chi connectivity index (χ1v) is 15.6. The van der Waals surface area contributed by atoms with Gasteiger partial charge in [0.1, 0.15) is 18.4 Å². The van der Waals surface area contributed by atoms with Gasteiger partial charge in [-0.2, -0.15) is 0 Å². The highest BCUT2D eigenvalue weighted by molar-refractivity contribution is 6.25. The molecular weight excluding hydrogens is 608 g/mol. The van der Waals surface area contributed by atoms with E-state index in [-0.39, 0.29) is 53.9 Å². The summed E-state index contributed by atoms with van der Waals surface area (Å²) in [5.74, 6) is -3.10. The second-order valence-electron chi connectivity index (χ2n) is 11.7. The number of nitrogens with zero attached hydrogens (tertiary/aromatic N) is 2. The average Bonchev–Trinajstić information content (AvgIpc) is 3.34. The van der Waals surface area contributed by atoms with Crippen LogP contribution in [0.5, 0.6) is 0 Å². The number of fused-ring (bicyclic) bond motifs is 1. The minimum Gasteiger partial charge on any atom is -0.384 e. The number of hydrogen-bond acceptors (Lipinski definition) is 10. The molecule has 2 aromatic rings. The van der Waals surface area contributed by atoms with Crippen molar-refractivity contribution in [2.75, 3.05) is 36.9 Å². The van der Waals surface area contributed by atoms with Crippen LogP contribution in [0.25, 0.3) is 0 Å². The van der Waals surface area contributed by atoms with Crippen molar-refractivity contribution in [2.45, 2.75) is 50.6 Å². The highest BCUT2D eigenvalue weighted by Gasteiger charge is 2.46. The van der Waals surface area contributed by atoms with Crippen LogP contribution in [0.1, 0.15) is 80.0 Å². The molecule has 6 amide bonds. The van der Waals surface area contributed by atoms with E-state index in [0.29, 0.717) is 43.6 Å². The van der Waals surface area contributed by atoms with Gasteiger partial charge in [-0.25, -0.2) is 0 Å². The summed E-state index contributed by atoms with van der Waals surface area (Å²) in [5, 5.41) is 10.6. The Hall–Kier alpha value is -5.40. The Balaban J connectivity index is 1.25. The van der Waals surface area contributed by atoms with Crippen LogP contribution in [-0.2, 0) is 19.2 Å². The molecule has 0 saturated carbocycles. The molecule has 0 bridgehead atoms. The number of benzene rings is 2. The molecule has 47 heavy (non-hydrogen) atoms. The number of amides is 6. The van der Waals surface area contributed by atoms with Crippen LogP contribution in [0.3, 0.4) is 0 Å². The number of carbonyl (C=O) groups excluding carboxylic acids is 8. The molecule has 246 valence electrons. The Bertz CT molecular complexity index is 1630. The molecule has 2 unspecified atom stereocenters. The predicted molar refractivity (Wildman–Crippen MR) is 169 cm³/mol. The maximum absolute atomic E-state index is 13.5. The maximum Gasteiger partial charge on any atom is 0.264 e. The highest BCUT2D eigenvalue weighted by Crippen LogP contribution is 2.36. The predicted octanol–water partition coefficient (Wildman–Crippen LogP) is 1.05. The number of anilines is 2. The third kappa shape index (κ3) is 6.76. The molecule has 0 radical (unpaired) electrons. The molecule has 3 aliphatic rings. The number of likely N-dealkylation sites (N-methyl/N-ethyl adjacent to an activating group) is 1. The minimum absolute atomic E-state index is 0.0434. The average molecular weight is 645 g/mol. The van der Waals surface area contributed by atoms with E-state index < -0.39 is 47.5 Å². The fourth-order valence-electron chi connectivity index (χ4n) is 6.37. The van der Waals surface area contributed by atoms with E-state index in [1.54, 1.807) is 30.3 Å². The summed E-state index contributed by atoms with van der Waals surface area (Å²) in [6.45, 7) is 1.64. The lowest BCUT2D eigenvalue weighted by molar-refractivity contribution is -0.136. The molecular formula is C33H36N6O8. The second-order valence-corrected chi connectivity index (χ2v) is 11.7. The van der Waals surface area contributed by atoms with Crippen molar-refractivity contribution in [2.24, 2.45) is 5.92 Å². The Kier molecular flexibility index (Phi) is 10.1. The van der Waals surface area contributed by atoms with E-state index in [1.165, 1.54) is 13.1 Å². The van der Waals surface area contributed by atoms with Crippen LogP contribution in [0.4, 0.5) is 11.4 Å². The Morgan fingerprint density at radius 2 is 1.74 bits per heavy atom. The van der Waals surface area contributed by atoms with E-state index in [2.05, 4.69) is 21.3 Å². The normalized spacial score (nSPS) is 18.7. The molecule has 0 aromatic heterocycles. The maximum atomic E-state index is 13.5. The van der Waals surface area contributed by atoms with Gasteiger partial charge in [-0.05, 0) is 49.8 Å². The molecule has 5 rings (SSSR count). The highest BCUT2D eigenvalue weighted by atomic mass is 16.2. The van der Waals surface area contributed by atoms with Gasteiger partial charge in [0.15, 0.2) is 6.29 Å². The number of hydrogen-bond donors (Lipinski definition) is 4. The lowest BCUT2D eigenvalue weighted by Gasteiger charge is -2.35. The van der Waals surface area contributed by atoms with Crippen molar-refractivity contribution >= 4 is 59.4 Å². The van der Waals surface area contributed by atoms with Gasteiger partial charge in [0.2, 0.25) is 17.7 Å². The number of piperidine rings is 2. The summed E-state index contributed by atoms with van der Waals surface area (Å²) in [6, 6.07) is 7.92. The zero-order chi connectivity index (χ0) is 33.7. The largest absolute Gasteiger partial charge is 0.384 e. The minimum atomic E-state index is -1.04. The summed E-state index contributed by atoms with van der Waals surface area (Å²) in [4.78, 5) is 102. The molecule has 2 fully saturated rings. The van der Waals surface area contributed by atoms with Crippen molar-refractivity contribution in [3.63, 3.8) is 0 Å². The molecule has 4 N–H and O–H groups in total. The Labute approximate surface area is 270 Å². The zero-order valence-corrected chi connectivity index (χ0v) is 25.9. The third-order valence-electron chi connectivity index (χ3n) is 8.87. The van der Waals surface area contributed by atoms with E-state index in [9.17, 15) is 38.4 Å². The number of nitrogens with one attached hydrogen (secondary N) is 4. The molecule has 2 saturated heterocycles. The fraction of sp³-hybridized carbons (Fsp3) is 0.394. The van der Waals surface area contributed by atoms with Gasteiger partial charge in [0.05, 0.1) is 22.4 Å². The van der Waals surface area contributed by atoms with E-state index in [4.69, 9.17) is 0 Å². The molecule has 0 spiro atoms. The van der Waals surface area contributed by atoms with Crippen LogP contribution in [0.2, 0.25) is 0 Å². The smallest absolute Gasteiger partial charge is 0.264 e. The van der Waals surface area contributed by atoms with E-state index in [1.807, 2.05) is 4.90 Å². The number of rotatable bonds is 12. The van der Waals surface area contributed by atoms with Gasteiger partial charge < -0.3 is 25.6 Å². The molecule has 3 heterocycles. The molecule has 2 aromatic carbocycles. The standard InChI is InChI=1S/C33H36N6O8/c1-34-29(43)23(8-4-16-40)36-31(45)27-20(18-41)5-2-7-22(27)35-17-19-12-14-38(15-13-19)24-9-3-6-21-28(24)33(47)39(32(21)46)25-10-11-26(42)37-30(25)44/h2-3,5-7,9,16,18-19,23,25,35H,4,8,10-15,17H2,1H3,(H,34,43)(H,36,45)(H,37,42,44). The van der Waals surface area contributed by atoms with E-state index in [0.717, 1.165) is 17.7 Å². The van der Waals surface area contributed by atoms with Crippen LogP contribution in [0, 0.1) is 5.92 Å². The lowest BCUT2D eigenvalue weighted by Crippen LogP contribution is -2.54. The second kappa shape index (κ2) is 14.4. The van der Waals surface area contributed by atoms with Gasteiger partial charge >= 0.3 is 0 Å². The summed E-state index contributed by atoms with van der Waals surface area (Å²) in [7, 11) is 1.43. The van der Waals surface area contributed by atoms with Crippen molar-refractivity contribution in [3.8, 4) is 0 Å². The topological polar surface area (TPSA) is 191 Å². The first kappa shape index (κ1) is 33.0. The first-order valence-electron chi connectivity index (χ1n) is 15.6. The fourth-order valence-corrected chi connectivity index (χ4v) is 6.37. The molecule has 0 aliphatic carbocycles. The zero-order valence-electron chi connectivity index (χ0n) is 25.9. The first-order chi connectivity index (χ1) is 22.7. The monoisotopic (exact) mass is 644 g/mol. The van der Waals surface area contributed by atoms with Crippen LogP contribution >= 0.6 is 0 Å². The van der Waals surface area contributed by atoms with Crippen LogP contribution in [-0.4, -0.2) is 91.7 Å². The van der Waals surface area contributed by atoms with Gasteiger partial charge in [-0.1, -0.05) is 18.2 Å². The van der Waals surface area contributed by atoms with Crippen molar-refractivity contribution in [1.29, 1.82) is 0 Å². The number of carbonyl (C=O) groups is 8. The lowest BCUT2D eigenvalue weighted by atomic mass is 9.94. The van der Waals surface area contributed by atoms with Gasteiger partial charge in [0, 0.05) is 50.8 Å². The Morgan fingerprint density at radius 1 is 1.00 bits per heavy atom. The Morgan fingerprint density at radius 3 is 2.43 bits per heavy atom. The molecule has 14 heteroatoms. The summed E-state index contributed by atoms with van der Waals surface area (Å²) >= 11 is 0. The molecule has 2 atom stereocenters. The number of imide groups is 2. The number of aldehydes is 2. The molecule has 14 nitrogen and oxygen atoms in total. The summed E-state index contributed by atoms with van der Waals surface area (Å²) < 4.78 is 0. The van der Waals surface area contributed by atoms with Gasteiger partial charge in [-0.3, -0.25) is 43.8 Å².